The summed E-state index contributed by atoms with van der Waals surface area (Å²) >= 11 is 1.41. The lowest BCUT2D eigenvalue weighted by Gasteiger charge is -2.25. The minimum Gasteiger partial charge on any atom is -0.321 e. The number of aromatic nitrogens is 2. The quantitative estimate of drug-likeness (QED) is 0.579. The molecule has 1 atom stereocenters. The topological polar surface area (TPSA) is 38.1 Å². The second-order valence-electron chi connectivity index (χ2n) is 6.85. The molecule has 0 aliphatic carbocycles. The van der Waals surface area contributed by atoms with Crippen molar-refractivity contribution >= 4 is 17.7 Å². The van der Waals surface area contributed by atoms with Crippen LogP contribution in [-0.2, 0) is 11.3 Å². The number of para-hydroxylation sites is 1. The second kappa shape index (κ2) is 7.59. The predicted octanol–water partition coefficient (Wildman–Crippen LogP) is 4.68. The van der Waals surface area contributed by atoms with Crippen LogP contribution in [-0.4, -0.2) is 26.3 Å². The van der Waals surface area contributed by atoms with Crippen molar-refractivity contribution in [3.63, 3.8) is 0 Å². The van der Waals surface area contributed by atoms with Crippen molar-refractivity contribution in [2.75, 3.05) is 5.75 Å². The molecule has 0 radical (unpaired) electrons. The summed E-state index contributed by atoms with van der Waals surface area (Å²) < 4.78 is 42.9. The average Bonchev–Trinajstić information content (AvgIpc) is 3.21. The highest BCUT2D eigenvalue weighted by Gasteiger charge is 2.37. The molecule has 8 heteroatoms. The van der Waals surface area contributed by atoms with Crippen molar-refractivity contribution in [2.24, 2.45) is 0 Å². The van der Waals surface area contributed by atoms with Gasteiger partial charge in [0, 0.05) is 16.8 Å². The van der Waals surface area contributed by atoms with Gasteiger partial charge in [0.2, 0.25) is 5.91 Å². The van der Waals surface area contributed by atoms with E-state index in [1.165, 1.54) is 22.7 Å². The van der Waals surface area contributed by atoms with E-state index < -0.39 is 17.5 Å². The maximum Gasteiger partial charge on any atom is 0.234 e. The van der Waals surface area contributed by atoms with Gasteiger partial charge in [-0.25, -0.2) is 17.9 Å². The first-order chi connectivity index (χ1) is 13.9. The molecule has 0 bridgehead atoms. The molecular formula is C21H18F3N3OS. The molecule has 1 aromatic heterocycles. The molecule has 2 heterocycles. The number of benzene rings is 2. The van der Waals surface area contributed by atoms with Crippen LogP contribution >= 0.6 is 11.8 Å². The fourth-order valence-electron chi connectivity index (χ4n) is 3.57. The molecular weight excluding hydrogens is 399 g/mol. The molecule has 3 aromatic rings. The zero-order chi connectivity index (χ0) is 20.7. The van der Waals surface area contributed by atoms with Crippen LogP contribution in [0.25, 0.3) is 5.69 Å². The summed E-state index contributed by atoms with van der Waals surface area (Å²) in [6, 6.07) is 11.7. The first kappa shape index (κ1) is 19.6. The van der Waals surface area contributed by atoms with E-state index in [0.29, 0.717) is 0 Å². The number of thioether (sulfide) groups is 1. The molecule has 0 spiro atoms. The number of rotatable bonds is 4. The Morgan fingerprint density at radius 3 is 2.52 bits per heavy atom. The molecule has 0 N–H and O–H groups in total. The summed E-state index contributed by atoms with van der Waals surface area (Å²) in [5.41, 5.74) is 3.33. The van der Waals surface area contributed by atoms with Crippen molar-refractivity contribution in [1.29, 1.82) is 0 Å². The summed E-state index contributed by atoms with van der Waals surface area (Å²) in [4.78, 5) is 14.0. The van der Waals surface area contributed by atoms with Crippen LogP contribution in [0.15, 0.2) is 42.5 Å². The number of nitrogens with zero attached hydrogens (tertiary/aromatic N) is 3. The van der Waals surface area contributed by atoms with Crippen LogP contribution in [0.2, 0.25) is 0 Å². The summed E-state index contributed by atoms with van der Waals surface area (Å²) in [6.45, 7) is 3.64. The third-order valence-electron chi connectivity index (χ3n) is 5.02. The van der Waals surface area contributed by atoms with Gasteiger partial charge in [-0.1, -0.05) is 24.3 Å². The van der Waals surface area contributed by atoms with Gasteiger partial charge in [0.15, 0.2) is 17.5 Å². The minimum absolute atomic E-state index is 0.0597. The van der Waals surface area contributed by atoms with Gasteiger partial charge in [0.05, 0.1) is 23.7 Å². The standard InChI is InChI=1S/C21H18F3N3OS/c1-12-18(13(2)27(25-12)15-6-4-3-5-7-15)21-26(17(28)11-29-21)10-14-8-9-16(22)20(24)19(14)23/h3-9,21H,10-11H2,1-2H3. The van der Waals surface area contributed by atoms with Gasteiger partial charge in [0.1, 0.15) is 5.37 Å². The van der Waals surface area contributed by atoms with Gasteiger partial charge in [-0.3, -0.25) is 4.79 Å². The minimum atomic E-state index is -1.53. The highest BCUT2D eigenvalue weighted by atomic mass is 32.2. The Morgan fingerprint density at radius 2 is 1.79 bits per heavy atom. The number of aryl methyl sites for hydroxylation is 1. The van der Waals surface area contributed by atoms with Crippen molar-refractivity contribution in [3.8, 4) is 5.69 Å². The van der Waals surface area contributed by atoms with Gasteiger partial charge in [-0.15, -0.1) is 11.8 Å². The average molecular weight is 417 g/mol. The van der Waals surface area contributed by atoms with Crippen molar-refractivity contribution in [2.45, 2.75) is 25.8 Å². The number of hydrogen-bond acceptors (Lipinski definition) is 3. The number of carbonyl (C=O) groups excluding carboxylic acids is 1. The smallest absolute Gasteiger partial charge is 0.234 e. The molecule has 1 aliphatic heterocycles. The highest BCUT2D eigenvalue weighted by Crippen LogP contribution is 2.42. The third-order valence-corrected chi connectivity index (χ3v) is 6.24. The van der Waals surface area contributed by atoms with Gasteiger partial charge in [0.25, 0.3) is 0 Å². The Kier molecular flexibility index (Phi) is 5.12. The Bertz CT molecular complexity index is 1080. The van der Waals surface area contributed by atoms with E-state index in [4.69, 9.17) is 0 Å². The van der Waals surface area contributed by atoms with Crippen LogP contribution in [0.3, 0.4) is 0 Å². The fourth-order valence-corrected chi connectivity index (χ4v) is 4.91. The lowest BCUT2D eigenvalue weighted by atomic mass is 10.1. The van der Waals surface area contributed by atoms with E-state index in [1.807, 2.05) is 48.9 Å². The number of carbonyl (C=O) groups is 1. The third kappa shape index (κ3) is 3.42. The van der Waals surface area contributed by atoms with E-state index >= 15 is 0 Å². The molecule has 150 valence electrons. The fraction of sp³-hybridized carbons (Fsp3) is 0.238. The Hall–Kier alpha value is -2.74. The summed E-state index contributed by atoms with van der Waals surface area (Å²) in [5, 5.41) is 4.23. The maximum absolute atomic E-state index is 14.2. The van der Waals surface area contributed by atoms with E-state index in [-0.39, 0.29) is 29.1 Å². The van der Waals surface area contributed by atoms with Crippen molar-refractivity contribution < 1.29 is 18.0 Å². The van der Waals surface area contributed by atoms with Crippen LogP contribution in [0, 0.1) is 31.3 Å². The van der Waals surface area contributed by atoms with Crippen LogP contribution in [0.1, 0.15) is 27.9 Å². The van der Waals surface area contributed by atoms with Crippen molar-refractivity contribution in [3.05, 3.63) is 82.4 Å². The lowest BCUT2D eigenvalue weighted by molar-refractivity contribution is -0.128. The first-order valence-electron chi connectivity index (χ1n) is 9.03. The Labute approximate surface area is 170 Å². The van der Waals surface area contributed by atoms with Gasteiger partial charge in [-0.2, -0.15) is 5.10 Å². The van der Waals surface area contributed by atoms with Crippen molar-refractivity contribution in [1.82, 2.24) is 14.7 Å². The zero-order valence-electron chi connectivity index (χ0n) is 15.8. The SMILES string of the molecule is Cc1nn(-c2ccccc2)c(C)c1C1SCC(=O)N1Cc1ccc(F)c(F)c1F. The monoisotopic (exact) mass is 417 g/mol. The molecule has 0 saturated carbocycles. The van der Waals surface area contributed by atoms with Gasteiger partial charge < -0.3 is 4.90 Å². The Balaban J connectivity index is 1.71. The maximum atomic E-state index is 14.2. The predicted molar refractivity (Wildman–Crippen MR) is 105 cm³/mol. The molecule has 1 aliphatic rings. The highest BCUT2D eigenvalue weighted by molar-refractivity contribution is 8.00. The molecule has 2 aromatic carbocycles. The van der Waals surface area contributed by atoms with Crippen LogP contribution < -0.4 is 0 Å². The second-order valence-corrected chi connectivity index (χ2v) is 7.92. The largest absolute Gasteiger partial charge is 0.321 e. The molecule has 4 rings (SSSR count). The van der Waals surface area contributed by atoms with E-state index in [2.05, 4.69) is 5.10 Å². The van der Waals surface area contributed by atoms with Gasteiger partial charge >= 0.3 is 0 Å². The van der Waals surface area contributed by atoms with Crippen LogP contribution in [0.5, 0.6) is 0 Å². The molecule has 1 amide bonds. The lowest BCUT2D eigenvalue weighted by Crippen LogP contribution is -2.28. The Morgan fingerprint density at radius 1 is 1.07 bits per heavy atom. The summed E-state index contributed by atoms with van der Waals surface area (Å²) in [5.74, 6) is -3.99. The van der Waals surface area contributed by atoms with E-state index in [9.17, 15) is 18.0 Å². The number of hydrogen-bond donors (Lipinski definition) is 0. The normalized spacial score (nSPS) is 16.7. The van der Waals surface area contributed by atoms with E-state index in [1.54, 1.807) is 0 Å². The summed E-state index contributed by atoms with van der Waals surface area (Å²) in [6.07, 6.45) is 0. The molecule has 1 fully saturated rings. The molecule has 4 nitrogen and oxygen atoms in total. The summed E-state index contributed by atoms with van der Waals surface area (Å²) in [7, 11) is 0. The van der Waals surface area contributed by atoms with Crippen LogP contribution in [0.4, 0.5) is 13.2 Å². The molecule has 1 saturated heterocycles. The number of halogens is 3. The first-order valence-corrected chi connectivity index (χ1v) is 10.1. The van der Waals surface area contributed by atoms with Gasteiger partial charge in [-0.05, 0) is 32.0 Å². The number of amides is 1. The van der Waals surface area contributed by atoms with E-state index in [0.717, 1.165) is 28.7 Å². The molecule has 29 heavy (non-hydrogen) atoms. The zero-order valence-corrected chi connectivity index (χ0v) is 16.6. The molecule has 1 unspecified atom stereocenters.